The number of hydrogen-bond donors (Lipinski definition) is 1. The summed E-state index contributed by atoms with van der Waals surface area (Å²) in [6.07, 6.45) is 0. The van der Waals surface area contributed by atoms with E-state index >= 15 is 0 Å². The third kappa shape index (κ3) is 4.31. The number of aromatic nitrogens is 1. The van der Waals surface area contributed by atoms with Gasteiger partial charge in [0.2, 0.25) is 0 Å². The van der Waals surface area contributed by atoms with Crippen molar-refractivity contribution in [2.45, 2.75) is 0 Å². The van der Waals surface area contributed by atoms with Gasteiger partial charge in [0.05, 0.1) is 18.9 Å². The number of pyridine rings is 1. The molecule has 0 amide bonds. The van der Waals surface area contributed by atoms with Gasteiger partial charge in [-0.2, -0.15) is 0 Å². The summed E-state index contributed by atoms with van der Waals surface area (Å²) < 4.78 is 11.1. The molecule has 2 aromatic rings. The molecule has 1 saturated heterocycles. The molecule has 2 heterocycles. The maximum absolute atomic E-state index is 11.3. The minimum atomic E-state index is -1.06. The van der Waals surface area contributed by atoms with Crippen molar-refractivity contribution in [2.75, 3.05) is 39.5 Å². The van der Waals surface area contributed by atoms with E-state index in [-0.39, 0.29) is 5.69 Å². The van der Waals surface area contributed by atoms with Crippen molar-refractivity contribution in [1.82, 2.24) is 9.88 Å². The second-order valence-corrected chi connectivity index (χ2v) is 5.55. The molecule has 1 fully saturated rings. The standard InChI is InChI=1S/C18H20N2O4/c21-18(22)17-13-15(24-11-8-20-6-9-23-10-7-20)12-16(19-17)14-4-2-1-3-5-14/h1-5,12-13H,6-11H2,(H,21,22). The molecule has 0 radical (unpaired) electrons. The lowest BCUT2D eigenvalue weighted by molar-refractivity contribution is 0.0322. The van der Waals surface area contributed by atoms with Crippen LogP contribution in [0.3, 0.4) is 0 Å². The van der Waals surface area contributed by atoms with Crippen molar-refractivity contribution in [3.8, 4) is 17.0 Å². The minimum Gasteiger partial charge on any atom is -0.492 e. The lowest BCUT2D eigenvalue weighted by atomic mass is 10.1. The molecular formula is C18H20N2O4. The van der Waals surface area contributed by atoms with Gasteiger partial charge in [-0.1, -0.05) is 30.3 Å². The van der Waals surface area contributed by atoms with Gasteiger partial charge >= 0.3 is 5.97 Å². The van der Waals surface area contributed by atoms with Gasteiger partial charge in [-0.05, 0) is 0 Å². The normalized spacial score (nSPS) is 15.2. The van der Waals surface area contributed by atoms with Crippen molar-refractivity contribution < 1.29 is 19.4 Å². The summed E-state index contributed by atoms with van der Waals surface area (Å²) in [6, 6.07) is 12.7. The summed E-state index contributed by atoms with van der Waals surface area (Å²) >= 11 is 0. The number of nitrogens with zero attached hydrogens (tertiary/aromatic N) is 2. The van der Waals surface area contributed by atoms with Crippen molar-refractivity contribution >= 4 is 5.97 Å². The summed E-state index contributed by atoms with van der Waals surface area (Å²) in [6.45, 7) is 4.57. The highest BCUT2D eigenvalue weighted by molar-refractivity contribution is 5.86. The maximum Gasteiger partial charge on any atom is 0.354 e. The number of morpholine rings is 1. The zero-order valence-corrected chi connectivity index (χ0v) is 13.4. The van der Waals surface area contributed by atoms with E-state index < -0.39 is 5.97 Å². The first-order valence-corrected chi connectivity index (χ1v) is 7.96. The van der Waals surface area contributed by atoms with Gasteiger partial charge in [0, 0.05) is 37.3 Å². The minimum absolute atomic E-state index is 0.0160. The summed E-state index contributed by atoms with van der Waals surface area (Å²) in [5, 5.41) is 9.27. The quantitative estimate of drug-likeness (QED) is 0.876. The molecule has 126 valence electrons. The van der Waals surface area contributed by atoms with E-state index in [9.17, 15) is 9.90 Å². The third-order valence-corrected chi connectivity index (χ3v) is 3.87. The highest BCUT2D eigenvalue weighted by Gasteiger charge is 2.13. The molecule has 0 unspecified atom stereocenters. The number of carboxylic acid groups (broad SMARTS) is 1. The first-order valence-electron chi connectivity index (χ1n) is 7.96. The molecular weight excluding hydrogens is 308 g/mol. The lowest BCUT2D eigenvalue weighted by Crippen LogP contribution is -2.38. The van der Waals surface area contributed by atoms with E-state index in [1.807, 2.05) is 30.3 Å². The van der Waals surface area contributed by atoms with Crippen LogP contribution in [0.1, 0.15) is 10.5 Å². The Hall–Kier alpha value is -2.44. The van der Waals surface area contributed by atoms with E-state index in [1.54, 1.807) is 6.07 Å². The van der Waals surface area contributed by atoms with E-state index in [0.29, 0.717) is 18.1 Å². The number of aromatic carboxylic acids is 1. The molecule has 0 saturated carbocycles. The van der Waals surface area contributed by atoms with Crippen LogP contribution < -0.4 is 4.74 Å². The molecule has 1 aliphatic heterocycles. The number of ether oxygens (including phenoxy) is 2. The molecule has 1 aromatic carbocycles. The Morgan fingerprint density at radius 1 is 1.21 bits per heavy atom. The molecule has 0 spiro atoms. The Balaban J connectivity index is 1.72. The molecule has 6 heteroatoms. The van der Waals surface area contributed by atoms with Crippen LogP contribution in [0.5, 0.6) is 5.75 Å². The average molecular weight is 328 g/mol. The Labute approximate surface area is 140 Å². The zero-order valence-electron chi connectivity index (χ0n) is 13.4. The van der Waals surface area contributed by atoms with Gasteiger partial charge in [0.25, 0.3) is 0 Å². The smallest absolute Gasteiger partial charge is 0.354 e. The Morgan fingerprint density at radius 2 is 1.96 bits per heavy atom. The monoisotopic (exact) mass is 328 g/mol. The maximum atomic E-state index is 11.3. The third-order valence-electron chi connectivity index (χ3n) is 3.87. The Bertz CT molecular complexity index is 685. The lowest BCUT2D eigenvalue weighted by Gasteiger charge is -2.26. The van der Waals surface area contributed by atoms with Crippen LogP contribution in [0.15, 0.2) is 42.5 Å². The molecule has 24 heavy (non-hydrogen) atoms. The van der Waals surface area contributed by atoms with Gasteiger partial charge in [0.15, 0.2) is 5.69 Å². The highest BCUT2D eigenvalue weighted by Crippen LogP contribution is 2.23. The largest absolute Gasteiger partial charge is 0.492 e. The topological polar surface area (TPSA) is 71.9 Å². The van der Waals surface area contributed by atoms with Crippen LogP contribution in [0, 0.1) is 0 Å². The second-order valence-electron chi connectivity index (χ2n) is 5.55. The van der Waals surface area contributed by atoms with Gasteiger partial charge < -0.3 is 14.6 Å². The second kappa shape index (κ2) is 7.90. The fourth-order valence-corrected chi connectivity index (χ4v) is 2.57. The first-order chi connectivity index (χ1) is 11.7. The fraction of sp³-hybridized carbons (Fsp3) is 0.333. The highest BCUT2D eigenvalue weighted by atomic mass is 16.5. The van der Waals surface area contributed by atoms with Crippen molar-refractivity contribution in [3.05, 3.63) is 48.2 Å². The zero-order chi connectivity index (χ0) is 16.8. The fourth-order valence-electron chi connectivity index (χ4n) is 2.57. The number of rotatable bonds is 6. The van der Waals surface area contributed by atoms with E-state index in [0.717, 1.165) is 38.4 Å². The number of carbonyl (C=O) groups is 1. The van der Waals surface area contributed by atoms with Gasteiger partial charge in [-0.15, -0.1) is 0 Å². The van der Waals surface area contributed by atoms with Crippen molar-refractivity contribution in [1.29, 1.82) is 0 Å². The van der Waals surface area contributed by atoms with E-state index in [4.69, 9.17) is 9.47 Å². The van der Waals surface area contributed by atoms with Crippen LogP contribution in [0.25, 0.3) is 11.3 Å². The predicted molar refractivity (Wildman–Crippen MR) is 89.4 cm³/mol. The van der Waals surface area contributed by atoms with Crippen molar-refractivity contribution in [2.24, 2.45) is 0 Å². The number of carboxylic acids is 1. The molecule has 1 aromatic heterocycles. The average Bonchev–Trinajstić information content (AvgIpc) is 2.63. The van der Waals surface area contributed by atoms with E-state index in [2.05, 4.69) is 9.88 Å². The van der Waals surface area contributed by atoms with Crippen LogP contribution in [-0.2, 0) is 4.74 Å². The summed E-state index contributed by atoms with van der Waals surface area (Å²) in [4.78, 5) is 17.8. The molecule has 1 aliphatic rings. The van der Waals surface area contributed by atoms with Crippen LogP contribution in [0.4, 0.5) is 0 Å². The van der Waals surface area contributed by atoms with Gasteiger partial charge in [-0.3, -0.25) is 4.90 Å². The first kappa shape index (κ1) is 16.4. The molecule has 0 atom stereocenters. The van der Waals surface area contributed by atoms with Crippen LogP contribution in [0.2, 0.25) is 0 Å². The SMILES string of the molecule is O=C(O)c1cc(OCCN2CCOCC2)cc(-c2ccccc2)n1. The summed E-state index contributed by atoms with van der Waals surface area (Å²) in [5.74, 6) is -0.541. The van der Waals surface area contributed by atoms with E-state index in [1.165, 1.54) is 6.07 Å². The predicted octanol–water partition coefficient (Wildman–Crippen LogP) is 2.16. The Kier molecular flexibility index (Phi) is 5.40. The van der Waals surface area contributed by atoms with Crippen LogP contribution >= 0.6 is 0 Å². The summed E-state index contributed by atoms with van der Waals surface area (Å²) in [7, 11) is 0. The number of hydrogen-bond acceptors (Lipinski definition) is 5. The van der Waals surface area contributed by atoms with Crippen molar-refractivity contribution in [3.63, 3.8) is 0 Å². The van der Waals surface area contributed by atoms with Gasteiger partial charge in [0.1, 0.15) is 12.4 Å². The molecule has 6 nitrogen and oxygen atoms in total. The molecule has 1 N–H and O–H groups in total. The summed E-state index contributed by atoms with van der Waals surface area (Å²) in [5.41, 5.74) is 1.44. The Morgan fingerprint density at radius 3 is 2.67 bits per heavy atom. The molecule has 3 rings (SSSR count). The number of benzene rings is 1. The van der Waals surface area contributed by atoms with Crippen LogP contribution in [-0.4, -0.2) is 60.4 Å². The molecule has 0 aliphatic carbocycles. The molecule has 0 bridgehead atoms. The van der Waals surface area contributed by atoms with Gasteiger partial charge in [-0.25, -0.2) is 9.78 Å².